The third-order valence-corrected chi connectivity index (χ3v) is 1.97. The number of halogens is 5. The molecule has 1 aliphatic heterocycles. The second-order valence-corrected chi connectivity index (χ2v) is 3.04. The van der Waals surface area contributed by atoms with E-state index in [1.165, 1.54) is 0 Å². The predicted octanol–water partition coefficient (Wildman–Crippen LogP) is 0.631. The first-order valence-electron chi connectivity index (χ1n) is 4.14. The fourth-order valence-electron chi connectivity index (χ4n) is 1.13. The molecule has 1 heterocycles. The van der Waals surface area contributed by atoms with E-state index in [1.54, 1.807) is 0 Å². The zero-order chi connectivity index (χ0) is 11.7. The molecule has 0 aliphatic carbocycles. The summed E-state index contributed by atoms with van der Waals surface area (Å²) in [6.45, 7) is -0.186. The van der Waals surface area contributed by atoms with Gasteiger partial charge in [0, 0.05) is 26.2 Å². The smallest absolute Gasteiger partial charge is 0.334 e. The van der Waals surface area contributed by atoms with Gasteiger partial charge in [0.15, 0.2) is 0 Å². The van der Waals surface area contributed by atoms with Crippen LogP contribution in [0.3, 0.4) is 0 Å². The fraction of sp³-hybridized carbons (Fsp3) is 0.857. The van der Waals surface area contributed by atoms with Crippen LogP contribution in [0.15, 0.2) is 0 Å². The number of carbonyl (C=O) groups is 1. The molecule has 0 aromatic carbocycles. The average Bonchev–Trinajstić information content (AvgIpc) is 2.16. The minimum Gasteiger partial charge on any atom is -0.334 e. The van der Waals surface area contributed by atoms with Gasteiger partial charge < -0.3 is 4.90 Å². The van der Waals surface area contributed by atoms with Crippen molar-refractivity contribution in [3.05, 3.63) is 0 Å². The van der Waals surface area contributed by atoms with Crippen molar-refractivity contribution in [2.75, 3.05) is 26.2 Å². The maximum atomic E-state index is 12.6. The van der Waals surface area contributed by atoms with E-state index in [0.717, 1.165) is 0 Å². The van der Waals surface area contributed by atoms with Gasteiger partial charge in [-0.2, -0.15) is 22.0 Å². The molecule has 1 radical (unpaired) electrons. The molecule has 1 saturated heterocycles. The van der Waals surface area contributed by atoms with Crippen LogP contribution in [0.4, 0.5) is 22.0 Å². The number of hydrogen-bond donors (Lipinski definition) is 0. The van der Waals surface area contributed by atoms with E-state index in [4.69, 9.17) is 0 Å². The minimum absolute atomic E-state index is 0.0969. The van der Waals surface area contributed by atoms with Crippen LogP contribution in [0.2, 0.25) is 0 Å². The Kier molecular flexibility index (Phi) is 3.17. The molecule has 3 nitrogen and oxygen atoms in total. The normalized spacial score (nSPS) is 19.1. The number of carbonyl (C=O) groups excluding carboxylic acids is 1. The van der Waals surface area contributed by atoms with E-state index >= 15 is 0 Å². The van der Waals surface area contributed by atoms with Crippen molar-refractivity contribution >= 4 is 5.91 Å². The summed E-state index contributed by atoms with van der Waals surface area (Å²) in [6, 6.07) is 0. The zero-order valence-electron chi connectivity index (χ0n) is 7.52. The van der Waals surface area contributed by atoms with Gasteiger partial charge >= 0.3 is 18.0 Å². The van der Waals surface area contributed by atoms with Gasteiger partial charge in [0.05, 0.1) is 0 Å². The second kappa shape index (κ2) is 3.92. The summed E-state index contributed by atoms with van der Waals surface area (Å²) < 4.78 is 60.6. The summed E-state index contributed by atoms with van der Waals surface area (Å²) in [5.74, 6) is -7.49. The highest BCUT2D eigenvalue weighted by Crippen LogP contribution is 2.36. The number of alkyl halides is 5. The van der Waals surface area contributed by atoms with Gasteiger partial charge in [-0.15, -0.1) is 0 Å². The first-order valence-corrected chi connectivity index (χ1v) is 4.14. The fourth-order valence-corrected chi connectivity index (χ4v) is 1.13. The number of hydrogen-bond acceptors (Lipinski definition) is 1. The number of rotatable bonds is 1. The van der Waals surface area contributed by atoms with E-state index in [0.29, 0.717) is 4.90 Å². The summed E-state index contributed by atoms with van der Waals surface area (Å²) in [6.07, 6.45) is -5.83. The Morgan fingerprint density at radius 3 is 1.93 bits per heavy atom. The third kappa shape index (κ3) is 2.36. The lowest BCUT2D eigenvalue weighted by Crippen LogP contribution is -2.55. The number of amides is 1. The molecule has 87 valence electrons. The van der Waals surface area contributed by atoms with Crippen LogP contribution in [0.1, 0.15) is 0 Å². The van der Waals surface area contributed by atoms with Crippen molar-refractivity contribution in [1.82, 2.24) is 10.2 Å². The van der Waals surface area contributed by atoms with Crippen LogP contribution in [-0.2, 0) is 4.79 Å². The molecule has 1 amide bonds. The van der Waals surface area contributed by atoms with E-state index in [1.807, 2.05) is 0 Å². The van der Waals surface area contributed by atoms with Crippen molar-refractivity contribution in [2.24, 2.45) is 0 Å². The van der Waals surface area contributed by atoms with Crippen LogP contribution < -0.4 is 5.32 Å². The van der Waals surface area contributed by atoms with Gasteiger partial charge in [-0.3, -0.25) is 4.79 Å². The maximum absolute atomic E-state index is 12.6. The molecule has 15 heavy (non-hydrogen) atoms. The van der Waals surface area contributed by atoms with Gasteiger partial charge in [0.1, 0.15) is 0 Å². The Hall–Kier alpha value is -0.920. The van der Waals surface area contributed by atoms with Crippen LogP contribution in [-0.4, -0.2) is 49.1 Å². The Labute approximate surface area is 82.2 Å². The molecule has 0 N–H and O–H groups in total. The molecule has 1 aliphatic rings. The van der Waals surface area contributed by atoms with Crippen LogP contribution in [0, 0.1) is 0 Å². The van der Waals surface area contributed by atoms with E-state index < -0.39 is 18.0 Å². The average molecular weight is 231 g/mol. The van der Waals surface area contributed by atoms with Crippen molar-refractivity contribution < 1.29 is 26.7 Å². The standard InChI is InChI=1S/C7H8F5N2O/c8-6(9,7(10,11)12)5(15)14-3-1-13-2-4-14/h1-4H2. The first kappa shape index (κ1) is 12.2. The number of nitrogens with zero attached hydrogens (tertiary/aromatic N) is 2. The van der Waals surface area contributed by atoms with Crippen molar-refractivity contribution in [1.29, 1.82) is 0 Å². The van der Waals surface area contributed by atoms with Crippen molar-refractivity contribution in [2.45, 2.75) is 12.1 Å². The summed E-state index contributed by atoms with van der Waals surface area (Å²) in [4.78, 5) is 11.4. The minimum atomic E-state index is -5.83. The molecule has 8 heteroatoms. The third-order valence-electron chi connectivity index (χ3n) is 1.97. The quantitative estimate of drug-likeness (QED) is 0.609. The molecule has 0 atom stereocenters. The largest absolute Gasteiger partial charge is 0.463 e. The lowest BCUT2D eigenvalue weighted by molar-refractivity contribution is -0.274. The highest BCUT2D eigenvalue weighted by molar-refractivity contribution is 5.84. The van der Waals surface area contributed by atoms with Crippen molar-refractivity contribution in [3.8, 4) is 0 Å². The molecule has 0 aromatic rings. The SMILES string of the molecule is O=C(N1CC[N]CC1)C(F)(F)C(F)(F)F. The van der Waals surface area contributed by atoms with Crippen LogP contribution in [0.25, 0.3) is 0 Å². The van der Waals surface area contributed by atoms with Crippen LogP contribution in [0.5, 0.6) is 0 Å². The zero-order valence-corrected chi connectivity index (χ0v) is 7.52. The molecule has 0 bridgehead atoms. The summed E-state index contributed by atoms with van der Waals surface area (Å²) in [7, 11) is 0. The van der Waals surface area contributed by atoms with E-state index in [-0.39, 0.29) is 26.2 Å². The summed E-state index contributed by atoms with van der Waals surface area (Å²) >= 11 is 0. The monoisotopic (exact) mass is 231 g/mol. The number of piperazine rings is 1. The molecule has 0 aromatic heterocycles. The van der Waals surface area contributed by atoms with Crippen molar-refractivity contribution in [3.63, 3.8) is 0 Å². The molecule has 1 fully saturated rings. The first-order chi connectivity index (χ1) is 6.77. The Morgan fingerprint density at radius 2 is 1.53 bits per heavy atom. The maximum Gasteiger partial charge on any atom is 0.463 e. The Bertz CT molecular complexity index is 246. The molecular formula is C7H8F5N2O. The molecule has 1 rings (SSSR count). The lowest BCUT2D eigenvalue weighted by Gasteiger charge is -2.30. The lowest BCUT2D eigenvalue weighted by atomic mass is 10.2. The van der Waals surface area contributed by atoms with Gasteiger partial charge in [-0.25, -0.2) is 5.32 Å². The topological polar surface area (TPSA) is 34.4 Å². The predicted molar refractivity (Wildman–Crippen MR) is 39.5 cm³/mol. The van der Waals surface area contributed by atoms with Gasteiger partial charge in [0.25, 0.3) is 0 Å². The summed E-state index contributed by atoms with van der Waals surface area (Å²) in [5.41, 5.74) is 0. The van der Waals surface area contributed by atoms with E-state index in [2.05, 4.69) is 5.32 Å². The molecular weight excluding hydrogens is 223 g/mol. The van der Waals surface area contributed by atoms with Gasteiger partial charge in [-0.05, 0) is 0 Å². The van der Waals surface area contributed by atoms with Gasteiger partial charge in [0.2, 0.25) is 0 Å². The Morgan fingerprint density at radius 1 is 1.07 bits per heavy atom. The second-order valence-electron chi connectivity index (χ2n) is 3.04. The van der Waals surface area contributed by atoms with E-state index in [9.17, 15) is 26.7 Å². The van der Waals surface area contributed by atoms with Gasteiger partial charge in [-0.1, -0.05) is 0 Å². The highest BCUT2D eigenvalue weighted by atomic mass is 19.4. The Balaban J connectivity index is 2.74. The summed E-state index contributed by atoms with van der Waals surface area (Å²) in [5, 5.41) is 3.73. The van der Waals surface area contributed by atoms with Crippen LogP contribution >= 0.6 is 0 Å². The molecule has 0 saturated carbocycles. The molecule has 0 unspecified atom stereocenters. The molecule has 0 spiro atoms. The highest BCUT2D eigenvalue weighted by Gasteiger charge is 2.64.